The van der Waals surface area contributed by atoms with Gasteiger partial charge in [0.15, 0.2) is 10.6 Å². The Labute approximate surface area is 94.6 Å². The summed E-state index contributed by atoms with van der Waals surface area (Å²) in [5.74, 6) is 0.914. The molecule has 1 aliphatic carbocycles. The van der Waals surface area contributed by atoms with Gasteiger partial charge in [0.05, 0.1) is 5.60 Å². The molecule has 0 atom stereocenters. The molecular weight excluding hydrogens is 210 g/mol. The van der Waals surface area contributed by atoms with E-state index >= 15 is 0 Å². The Morgan fingerprint density at radius 2 is 2.20 bits per heavy atom. The van der Waals surface area contributed by atoms with Crippen molar-refractivity contribution in [3.8, 4) is 0 Å². The van der Waals surface area contributed by atoms with Crippen LogP contribution in [0, 0.1) is 4.77 Å². The van der Waals surface area contributed by atoms with E-state index in [4.69, 9.17) is 17.0 Å². The van der Waals surface area contributed by atoms with E-state index in [0.717, 1.165) is 5.82 Å². The first-order valence-corrected chi connectivity index (χ1v) is 5.68. The van der Waals surface area contributed by atoms with E-state index in [1.54, 1.807) is 0 Å². The first-order valence-electron chi connectivity index (χ1n) is 5.27. The van der Waals surface area contributed by atoms with Gasteiger partial charge in [-0.05, 0) is 45.8 Å². The molecule has 4 nitrogen and oxygen atoms in total. The predicted octanol–water partition coefficient (Wildman–Crippen LogP) is 2.59. The molecule has 84 valence electrons. The first kappa shape index (κ1) is 10.8. The fourth-order valence-corrected chi connectivity index (χ4v) is 1.73. The molecule has 1 N–H and O–H groups in total. The summed E-state index contributed by atoms with van der Waals surface area (Å²) in [4.78, 5) is 0. The molecule has 0 amide bonds. The van der Waals surface area contributed by atoms with Gasteiger partial charge in [0.25, 0.3) is 0 Å². The van der Waals surface area contributed by atoms with Gasteiger partial charge in [-0.1, -0.05) is 0 Å². The van der Waals surface area contributed by atoms with E-state index in [0.29, 0.717) is 17.4 Å². The Hall–Kier alpha value is -0.680. The van der Waals surface area contributed by atoms with E-state index in [9.17, 15) is 0 Å². The van der Waals surface area contributed by atoms with Gasteiger partial charge in [-0.2, -0.15) is 5.10 Å². The highest BCUT2D eigenvalue weighted by molar-refractivity contribution is 7.71. The van der Waals surface area contributed by atoms with Gasteiger partial charge >= 0.3 is 0 Å². The summed E-state index contributed by atoms with van der Waals surface area (Å²) >= 11 is 5.19. The maximum Gasteiger partial charge on any atom is 0.195 e. The van der Waals surface area contributed by atoms with Crippen molar-refractivity contribution in [2.45, 2.75) is 51.9 Å². The third kappa shape index (κ3) is 2.66. The molecule has 1 saturated carbocycles. The van der Waals surface area contributed by atoms with Crippen molar-refractivity contribution in [1.29, 1.82) is 0 Å². The third-order valence-electron chi connectivity index (χ3n) is 2.32. The number of aromatic amines is 1. The van der Waals surface area contributed by atoms with Crippen LogP contribution in [0.3, 0.4) is 0 Å². The van der Waals surface area contributed by atoms with E-state index in [1.807, 2.05) is 20.8 Å². The highest BCUT2D eigenvalue weighted by Gasteiger charge is 2.27. The lowest BCUT2D eigenvalue weighted by molar-refractivity contribution is -0.0194. The summed E-state index contributed by atoms with van der Waals surface area (Å²) in [6, 6.07) is 0.551. The summed E-state index contributed by atoms with van der Waals surface area (Å²) in [7, 11) is 0. The number of H-pyrrole nitrogens is 1. The molecule has 5 heteroatoms. The number of nitrogens with one attached hydrogen (secondary N) is 1. The quantitative estimate of drug-likeness (QED) is 0.807. The van der Waals surface area contributed by atoms with Gasteiger partial charge in [0, 0.05) is 6.04 Å². The molecule has 2 rings (SSSR count). The van der Waals surface area contributed by atoms with Gasteiger partial charge in [-0.3, -0.25) is 9.67 Å². The van der Waals surface area contributed by atoms with Gasteiger partial charge in [-0.25, -0.2) is 0 Å². The van der Waals surface area contributed by atoms with Crippen molar-refractivity contribution in [2.24, 2.45) is 0 Å². The second-order valence-electron chi connectivity index (χ2n) is 4.95. The fourth-order valence-electron chi connectivity index (χ4n) is 1.43. The highest BCUT2D eigenvalue weighted by atomic mass is 32.1. The molecule has 1 aromatic rings. The molecule has 1 heterocycles. The van der Waals surface area contributed by atoms with Crippen molar-refractivity contribution in [3.63, 3.8) is 0 Å². The first-order chi connectivity index (χ1) is 6.97. The molecule has 0 aromatic carbocycles. The highest BCUT2D eigenvalue weighted by Crippen LogP contribution is 2.35. The van der Waals surface area contributed by atoms with Crippen molar-refractivity contribution < 1.29 is 4.74 Å². The monoisotopic (exact) mass is 227 g/mol. The second-order valence-corrected chi connectivity index (χ2v) is 5.33. The van der Waals surface area contributed by atoms with E-state index in [1.165, 1.54) is 12.8 Å². The van der Waals surface area contributed by atoms with Crippen LogP contribution in [0.4, 0.5) is 0 Å². The van der Waals surface area contributed by atoms with Crippen molar-refractivity contribution in [2.75, 3.05) is 0 Å². The summed E-state index contributed by atoms with van der Waals surface area (Å²) < 4.78 is 8.50. The topological polar surface area (TPSA) is 42.8 Å². The summed E-state index contributed by atoms with van der Waals surface area (Å²) in [5.41, 5.74) is -0.137. The van der Waals surface area contributed by atoms with Crippen molar-refractivity contribution in [1.82, 2.24) is 14.8 Å². The lowest BCUT2D eigenvalue weighted by Gasteiger charge is -2.19. The normalized spacial score (nSPS) is 17.0. The van der Waals surface area contributed by atoms with Gasteiger partial charge in [0.1, 0.15) is 6.61 Å². The lowest BCUT2D eigenvalue weighted by Crippen LogP contribution is -2.20. The smallest absolute Gasteiger partial charge is 0.195 e. The summed E-state index contributed by atoms with van der Waals surface area (Å²) in [5, 5.41) is 7.03. The Kier molecular flexibility index (Phi) is 2.68. The molecule has 1 aromatic heterocycles. The molecule has 0 radical (unpaired) electrons. The second kappa shape index (κ2) is 3.72. The Bertz CT molecular complexity index is 398. The summed E-state index contributed by atoms with van der Waals surface area (Å²) in [6.07, 6.45) is 2.41. The molecule has 15 heavy (non-hydrogen) atoms. The van der Waals surface area contributed by atoms with E-state index in [2.05, 4.69) is 14.8 Å². The van der Waals surface area contributed by atoms with Crippen molar-refractivity contribution in [3.05, 3.63) is 10.6 Å². The van der Waals surface area contributed by atoms with Crippen LogP contribution in [0.2, 0.25) is 0 Å². The molecule has 1 fully saturated rings. The zero-order valence-electron chi connectivity index (χ0n) is 9.41. The Morgan fingerprint density at radius 1 is 1.53 bits per heavy atom. The maximum atomic E-state index is 5.70. The van der Waals surface area contributed by atoms with Gasteiger partial charge in [-0.15, -0.1) is 0 Å². The minimum absolute atomic E-state index is 0.137. The zero-order chi connectivity index (χ0) is 11.1. The van der Waals surface area contributed by atoms with Crippen LogP contribution in [0.15, 0.2) is 0 Å². The number of hydrogen-bond donors (Lipinski definition) is 1. The van der Waals surface area contributed by atoms with Crippen LogP contribution in [-0.4, -0.2) is 20.4 Å². The summed E-state index contributed by atoms with van der Waals surface area (Å²) in [6.45, 7) is 6.63. The van der Waals surface area contributed by atoms with Gasteiger partial charge in [0.2, 0.25) is 0 Å². The SMILES string of the molecule is CC(C)(C)OCc1n[nH]c(=S)n1C1CC1. The molecule has 0 bridgehead atoms. The predicted molar refractivity (Wildman–Crippen MR) is 60.2 cm³/mol. The third-order valence-corrected chi connectivity index (χ3v) is 2.61. The van der Waals surface area contributed by atoms with Gasteiger partial charge < -0.3 is 4.74 Å². The number of rotatable bonds is 3. The fraction of sp³-hybridized carbons (Fsp3) is 0.800. The number of aromatic nitrogens is 3. The minimum atomic E-state index is -0.137. The Balaban J connectivity index is 2.11. The van der Waals surface area contributed by atoms with Crippen LogP contribution in [-0.2, 0) is 11.3 Å². The molecule has 0 saturated heterocycles. The zero-order valence-corrected chi connectivity index (χ0v) is 10.2. The average Bonchev–Trinajstić information content (AvgIpc) is 2.87. The number of nitrogens with zero attached hydrogens (tertiary/aromatic N) is 2. The van der Waals surface area contributed by atoms with Crippen LogP contribution in [0.25, 0.3) is 0 Å². The number of hydrogen-bond acceptors (Lipinski definition) is 3. The molecule has 1 aliphatic rings. The average molecular weight is 227 g/mol. The van der Waals surface area contributed by atoms with Crippen LogP contribution in [0.5, 0.6) is 0 Å². The molecule has 0 aliphatic heterocycles. The van der Waals surface area contributed by atoms with Crippen LogP contribution in [0.1, 0.15) is 45.5 Å². The Morgan fingerprint density at radius 3 is 2.73 bits per heavy atom. The molecule has 0 spiro atoms. The van der Waals surface area contributed by atoms with Crippen LogP contribution >= 0.6 is 12.2 Å². The maximum absolute atomic E-state index is 5.70. The van der Waals surface area contributed by atoms with Crippen LogP contribution < -0.4 is 0 Å². The largest absolute Gasteiger partial charge is 0.368 e. The lowest BCUT2D eigenvalue weighted by atomic mass is 10.2. The van der Waals surface area contributed by atoms with E-state index < -0.39 is 0 Å². The molecule has 0 unspecified atom stereocenters. The van der Waals surface area contributed by atoms with E-state index in [-0.39, 0.29) is 5.60 Å². The molecular formula is C10H17N3OS. The number of ether oxygens (including phenoxy) is 1. The minimum Gasteiger partial charge on any atom is -0.368 e. The standard InChI is InChI=1S/C10H17N3OS/c1-10(2,3)14-6-8-11-12-9(15)13(8)7-4-5-7/h7H,4-6H2,1-3H3,(H,12,15). The van der Waals surface area contributed by atoms with Crippen molar-refractivity contribution >= 4 is 12.2 Å².